The van der Waals surface area contributed by atoms with Crippen LogP contribution in [0.15, 0.2) is 35.8 Å². The van der Waals surface area contributed by atoms with Crippen LogP contribution in [0.25, 0.3) is 0 Å². The minimum Gasteiger partial charge on any atom is -0.376 e. The van der Waals surface area contributed by atoms with E-state index in [0.29, 0.717) is 5.13 Å². The summed E-state index contributed by atoms with van der Waals surface area (Å²) in [6, 6.07) is 9.54. The number of nitrogens with one attached hydrogen (secondary N) is 2. The first-order chi connectivity index (χ1) is 7.84. The highest BCUT2D eigenvalue weighted by molar-refractivity contribution is 7.13. The van der Waals surface area contributed by atoms with Gasteiger partial charge in [0.15, 0.2) is 0 Å². The number of nitrogens with zero attached hydrogens (tertiary/aromatic N) is 2. The molecule has 2 rings (SSSR count). The van der Waals surface area contributed by atoms with Crippen LogP contribution in [0, 0.1) is 0 Å². The molecule has 0 atom stereocenters. The number of benzene rings is 1. The molecule has 2 N–H and O–H groups in total. The zero-order valence-corrected chi connectivity index (χ0v) is 9.20. The smallest absolute Gasteiger partial charge is 0.245 e. The van der Waals surface area contributed by atoms with E-state index in [1.807, 2.05) is 30.3 Å². The van der Waals surface area contributed by atoms with E-state index in [4.69, 9.17) is 0 Å². The van der Waals surface area contributed by atoms with E-state index < -0.39 is 0 Å². The average molecular weight is 234 g/mol. The van der Waals surface area contributed by atoms with Crippen LogP contribution in [0.3, 0.4) is 0 Å². The zero-order chi connectivity index (χ0) is 11.2. The van der Waals surface area contributed by atoms with Crippen molar-refractivity contribution in [2.24, 2.45) is 0 Å². The van der Waals surface area contributed by atoms with E-state index in [1.54, 1.807) is 5.51 Å². The number of anilines is 2. The third kappa shape index (κ3) is 3.03. The summed E-state index contributed by atoms with van der Waals surface area (Å²) in [6.45, 7) is 0.212. The summed E-state index contributed by atoms with van der Waals surface area (Å²) in [5.74, 6) is -0.138. The van der Waals surface area contributed by atoms with E-state index in [0.717, 1.165) is 5.69 Å². The molecule has 0 saturated carbocycles. The van der Waals surface area contributed by atoms with Gasteiger partial charge in [0.2, 0.25) is 11.0 Å². The second-order valence-electron chi connectivity index (χ2n) is 3.01. The molecular formula is C10H10N4OS. The van der Waals surface area contributed by atoms with E-state index in [1.165, 1.54) is 11.3 Å². The average Bonchev–Trinajstić information content (AvgIpc) is 2.81. The number of aromatic nitrogens is 2. The summed E-state index contributed by atoms with van der Waals surface area (Å²) < 4.78 is 0. The number of carbonyl (C=O) groups excluding carboxylic acids is 1. The number of hydrogen-bond acceptors (Lipinski definition) is 5. The van der Waals surface area contributed by atoms with Gasteiger partial charge in [-0.2, -0.15) is 0 Å². The molecule has 0 aliphatic carbocycles. The monoisotopic (exact) mass is 234 g/mol. The van der Waals surface area contributed by atoms with Crippen LogP contribution < -0.4 is 10.6 Å². The van der Waals surface area contributed by atoms with E-state index in [-0.39, 0.29) is 12.5 Å². The molecule has 0 radical (unpaired) electrons. The van der Waals surface area contributed by atoms with Crippen molar-refractivity contribution < 1.29 is 4.79 Å². The van der Waals surface area contributed by atoms with Gasteiger partial charge in [-0.25, -0.2) is 0 Å². The van der Waals surface area contributed by atoms with Gasteiger partial charge in [0.1, 0.15) is 5.51 Å². The van der Waals surface area contributed by atoms with Crippen LogP contribution in [0.1, 0.15) is 0 Å². The van der Waals surface area contributed by atoms with Crippen molar-refractivity contribution in [3.8, 4) is 0 Å². The van der Waals surface area contributed by atoms with Gasteiger partial charge in [-0.05, 0) is 12.1 Å². The topological polar surface area (TPSA) is 66.9 Å². The molecule has 0 aliphatic heterocycles. The van der Waals surface area contributed by atoms with Crippen molar-refractivity contribution in [1.29, 1.82) is 0 Å². The van der Waals surface area contributed by atoms with Crippen molar-refractivity contribution >= 4 is 28.1 Å². The van der Waals surface area contributed by atoms with Gasteiger partial charge >= 0.3 is 0 Å². The molecule has 0 spiro atoms. The molecule has 16 heavy (non-hydrogen) atoms. The van der Waals surface area contributed by atoms with Gasteiger partial charge in [0.25, 0.3) is 0 Å². The third-order valence-corrected chi connectivity index (χ3v) is 2.44. The van der Waals surface area contributed by atoms with Gasteiger partial charge in [-0.3, -0.25) is 10.1 Å². The van der Waals surface area contributed by atoms with Crippen LogP contribution >= 0.6 is 11.3 Å². The minimum atomic E-state index is -0.138. The maximum atomic E-state index is 11.4. The van der Waals surface area contributed by atoms with E-state index in [9.17, 15) is 4.79 Å². The summed E-state index contributed by atoms with van der Waals surface area (Å²) >= 11 is 1.29. The Labute approximate surface area is 96.5 Å². The Morgan fingerprint density at radius 2 is 2.12 bits per heavy atom. The van der Waals surface area contributed by atoms with Crippen LogP contribution in [-0.4, -0.2) is 22.6 Å². The summed E-state index contributed by atoms with van der Waals surface area (Å²) in [7, 11) is 0. The zero-order valence-electron chi connectivity index (χ0n) is 8.38. The van der Waals surface area contributed by atoms with Gasteiger partial charge < -0.3 is 5.32 Å². The fourth-order valence-corrected chi connectivity index (χ4v) is 1.59. The Bertz CT molecular complexity index is 443. The van der Waals surface area contributed by atoms with Crippen molar-refractivity contribution in [2.75, 3.05) is 17.2 Å². The molecule has 5 nitrogen and oxygen atoms in total. The van der Waals surface area contributed by atoms with Gasteiger partial charge in [-0.1, -0.05) is 29.5 Å². The van der Waals surface area contributed by atoms with Crippen LogP contribution in [-0.2, 0) is 4.79 Å². The lowest BCUT2D eigenvalue weighted by Crippen LogP contribution is -2.21. The quantitative estimate of drug-likeness (QED) is 0.843. The largest absolute Gasteiger partial charge is 0.376 e. The first-order valence-corrected chi connectivity index (χ1v) is 5.57. The molecule has 0 aliphatic rings. The highest BCUT2D eigenvalue weighted by Gasteiger charge is 2.03. The highest BCUT2D eigenvalue weighted by Crippen LogP contribution is 2.08. The molecule has 82 valence electrons. The number of para-hydroxylation sites is 1. The fourth-order valence-electron chi connectivity index (χ4n) is 1.13. The van der Waals surface area contributed by atoms with Crippen molar-refractivity contribution in [1.82, 2.24) is 10.2 Å². The number of amides is 1. The molecule has 1 aromatic heterocycles. The summed E-state index contributed by atoms with van der Waals surface area (Å²) in [6.07, 6.45) is 0. The van der Waals surface area contributed by atoms with Crippen molar-refractivity contribution in [2.45, 2.75) is 0 Å². The number of rotatable bonds is 4. The van der Waals surface area contributed by atoms with Crippen LogP contribution in [0.2, 0.25) is 0 Å². The first-order valence-electron chi connectivity index (χ1n) is 4.69. The lowest BCUT2D eigenvalue weighted by molar-refractivity contribution is -0.114. The Hall–Kier alpha value is -1.95. The molecule has 1 heterocycles. The van der Waals surface area contributed by atoms with Gasteiger partial charge in [0.05, 0.1) is 6.54 Å². The maximum absolute atomic E-state index is 11.4. The van der Waals surface area contributed by atoms with Crippen LogP contribution in [0.4, 0.5) is 10.8 Å². The fraction of sp³-hybridized carbons (Fsp3) is 0.100. The highest BCUT2D eigenvalue weighted by atomic mass is 32.1. The van der Waals surface area contributed by atoms with E-state index in [2.05, 4.69) is 20.8 Å². The summed E-state index contributed by atoms with van der Waals surface area (Å²) in [5, 5.41) is 13.5. The summed E-state index contributed by atoms with van der Waals surface area (Å²) in [4.78, 5) is 11.4. The third-order valence-electron chi connectivity index (χ3n) is 1.83. The Kier molecular flexibility index (Phi) is 3.45. The molecule has 1 aromatic carbocycles. The molecular weight excluding hydrogens is 224 g/mol. The number of hydrogen-bond donors (Lipinski definition) is 2. The Balaban J connectivity index is 1.80. The van der Waals surface area contributed by atoms with Crippen molar-refractivity contribution in [3.63, 3.8) is 0 Å². The summed E-state index contributed by atoms with van der Waals surface area (Å²) in [5.41, 5.74) is 2.48. The minimum absolute atomic E-state index is 0.138. The predicted molar refractivity (Wildman–Crippen MR) is 63.5 cm³/mol. The Morgan fingerprint density at radius 3 is 2.81 bits per heavy atom. The number of carbonyl (C=O) groups is 1. The second kappa shape index (κ2) is 5.22. The molecule has 0 fully saturated rings. The molecule has 2 aromatic rings. The lowest BCUT2D eigenvalue weighted by Gasteiger charge is -2.04. The van der Waals surface area contributed by atoms with E-state index >= 15 is 0 Å². The first kappa shape index (κ1) is 10.6. The Morgan fingerprint density at radius 1 is 1.31 bits per heavy atom. The molecule has 0 unspecified atom stereocenters. The second-order valence-corrected chi connectivity index (χ2v) is 3.84. The molecule has 0 saturated heterocycles. The normalized spacial score (nSPS) is 9.75. The molecule has 6 heteroatoms. The molecule has 0 bridgehead atoms. The standard InChI is InChI=1S/C10H10N4OS/c15-9(13-10-14-12-7-16-10)6-11-8-4-2-1-3-5-8/h1-5,7,11H,6H2,(H,13,14,15). The van der Waals surface area contributed by atoms with Crippen molar-refractivity contribution in [3.05, 3.63) is 35.8 Å². The van der Waals surface area contributed by atoms with Gasteiger partial charge in [-0.15, -0.1) is 10.2 Å². The van der Waals surface area contributed by atoms with Crippen LogP contribution in [0.5, 0.6) is 0 Å². The maximum Gasteiger partial charge on any atom is 0.245 e. The van der Waals surface area contributed by atoms with Gasteiger partial charge in [0, 0.05) is 5.69 Å². The predicted octanol–water partition coefficient (Wildman–Crippen LogP) is 1.59. The lowest BCUT2D eigenvalue weighted by atomic mass is 10.3. The SMILES string of the molecule is O=C(CNc1ccccc1)Nc1nncs1. The molecule has 1 amide bonds.